The molecule has 29 heavy (non-hydrogen) atoms. The Labute approximate surface area is 191 Å². The Morgan fingerprint density at radius 3 is 2.59 bits per heavy atom. The van der Waals surface area contributed by atoms with Crippen LogP contribution < -0.4 is 10.6 Å². The van der Waals surface area contributed by atoms with Gasteiger partial charge >= 0.3 is 0 Å². The fourth-order valence-electron chi connectivity index (χ4n) is 2.83. The molecule has 0 bridgehead atoms. The van der Waals surface area contributed by atoms with Crippen LogP contribution in [-0.2, 0) is 0 Å². The minimum Gasteiger partial charge on any atom is -0.332 e. The fourth-order valence-corrected chi connectivity index (χ4v) is 4.74. The van der Waals surface area contributed by atoms with E-state index < -0.39 is 0 Å². The first-order valence-electron chi connectivity index (χ1n) is 8.84. The first-order valence-corrected chi connectivity index (χ1v) is 11.1. The number of rotatable bonds is 3. The first-order chi connectivity index (χ1) is 14.0. The molecule has 0 radical (unpaired) electrons. The van der Waals surface area contributed by atoms with Crippen molar-refractivity contribution in [2.45, 2.75) is 6.92 Å². The molecule has 7 heteroatoms. The van der Waals surface area contributed by atoms with E-state index in [-0.39, 0.29) is 11.0 Å². The van der Waals surface area contributed by atoms with Gasteiger partial charge in [0.2, 0.25) is 0 Å². The summed E-state index contributed by atoms with van der Waals surface area (Å²) >= 11 is 9.09. The highest BCUT2D eigenvalue weighted by atomic mass is 127. The Balaban J connectivity index is 1.44. The van der Waals surface area contributed by atoms with E-state index in [1.165, 1.54) is 10.3 Å². The third-order valence-electron chi connectivity index (χ3n) is 4.28. The molecule has 4 aromatic rings. The van der Waals surface area contributed by atoms with Crippen molar-refractivity contribution >= 4 is 73.1 Å². The van der Waals surface area contributed by atoms with Gasteiger partial charge in [0, 0.05) is 14.8 Å². The van der Waals surface area contributed by atoms with Crippen molar-refractivity contribution in [3.63, 3.8) is 0 Å². The highest BCUT2D eigenvalue weighted by molar-refractivity contribution is 14.1. The van der Waals surface area contributed by atoms with Crippen molar-refractivity contribution in [1.82, 2.24) is 10.3 Å². The SMILES string of the molecule is Cc1ccc2nc(-c3ccc(NC(=S)NC(=O)c4ccccc4I)cc3)sc2c1. The molecule has 2 N–H and O–H groups in total. The van der Waals surface area contributed by atoms with Crippen molar-refractivity contribution in [2.24, 2.45) is 0 Å². The van der Waals surface area contributed by atoms with Crippen LogP contribution in [-0.4, -0.2) is 16.0 Å². The number of thiocarbonyl (C=S) groups is 1. The molecule has 1 heterocycles. The molecule has 1 amide bonds. The number of amides is 1. The molecular weight excluding hydrogens is 513 g/mol. The minimum absolute atomic E-state index is 0.228. The summed E-state index contributed by atoms with van der Waals surface area (Å²) in [5, 5.41) is 7.02. The summed E-state index contributed by atoms with van der Waals surface area (Å²) in [6.07, 6.45) is 0. The monoisotopic (exact) mass is 529 g/mol. The smallest absolute Gasteiger partial charge is 0.258 e. The zero-order valence-corrected chi connectivity index (χ0v) is 19.2. The second-order valence-electron chi connectivity index (χ2n) is 6.46. The van der Waals surface area contributed by atoms with E-state index in [0.29, 0.717) is 5.56 Å². The summed E-state index contributed by atoms with van der Waals surface area (Å²) in [5.74, 6) is -0.228. The number of carbonyl (C=O) groups excluding carboxylic acids is 1. The summed E-state index contributed by atoms with van der Waals surface area (Å²) in [5.41, 5.74) is 4.69. The Morgan fingerprint density at radius 1 is 1.07 bits per heavy atom. The van der Waals surface area contributed by atoms with Gasteiger partial charge in [0.1, 0.15) is 5.01 Å². The van der Waals surface area contributed by atoms with E-state index >= 15 is 0 Å². The van der Waals surface area contributed by atoms with E-state index in [0.717, 1.165) is 25.3 Å². The van der Waals surface area contributed by atoms with Crippen LogP contribution in [0.5, 0.6) is 0 Å². The van der Waals surface area contributed by atoms with Gasteiger partial charge in [-0.05, 0) is 95.8 Å². The lowest BCUT2D eigenvalue weighted by molar-refractivity contribution is 0.0977. The quantitative estimate of drug-likeness (QED) is 0.253. The fraction of sp³-hybridized carbons (Fsp3) is 0.0455. The third kappa shape index (κ3) is 4.63. The van der Waals surface area contributed by atoms with Gasteiger partial charge < -0.3 is 5.32 Å². The molecular formula is C22H16IN3OS2. The van der Waals surface area contributed by atoms with Gasteiger partial charge in [-0.1, -0.05) is 18.2 Å². The molecule has 1 aromatic heterocycles. The largest absolute Gasteiger partial charge is 0.332 e. The summed E-state index contributed by atoms with van der Waals surface area (Å²) in [7, 11) is 0. The highest BCUT2D eigenvalue weighted by Crippen LogP contribution is 2.31. The number of aryl methyl sites for hydroxylation is 1. The second kappa shape index (κ2) is 8.56. The van der Waals surface area contributed by atoms with Crippen LogP contribution in [0.3, 0.4) is 0 Å². The number of anilines is 1. The number of aromatic nitrogens is 1. The normalized spacial score (nSPS) is 10.7. The zero-order chi connectivity index (χ0) is 20.4. The van der Waals surface area contributed by atoms with E-state index in [1.54, 1.807) is 17.4 Å². The molecule has 0 aliphatic heterocycles. The van der Waals surface area contributed by atoms with Gasteiger partial charge in [-0.15, -0.1) is 11.3 Å². The van der Waals surface area contributed by atoms with Crippen molar-refractivity contribution in [1.29, 1.82) is 0 Å². The van der Waals surface area contributed by atoms with Crippen molar-refractivity contribution < 1.29 is 4.79 Å². The lowest BCUT2D eigenvalue weighted by Crippen LogP contribution is -2.34. The van der Waals surface area contributed by atoms with E-state index in [1.807, 2.05) is 42.5 Å². The summed E-state index contributed by atoms with van der Waals surface area (Å²) < 4.78 is 2.06. The number of halogens is 1. The molecule has 0 saturated heterocycles. The third-order valence-corrected chi connectivity index (χ3v) is 6.49. The maximum atomic E-state index is 12.4. The number of fused-ring (bicyclic) bond motifs is 1. The van der Waals surface area contributed by atoms with Gasteiger partial charge in [0.05, 0.1) is 15.8 Å². The van der Waals surface area contributed by atoms with Crippen molar-refractivity contribution in [3.8, 4) is 10.6 Å². The van der Waals surface area contributed by atoms with Gasteiger partial charge in [0.25, 0.3) is 5.91 Å². The van der Waals surface area contributed by atoms with Crippen LogP contribution in [0.15, 0.2) is 66.7 Å². The Morgan fingerprint density at radius 2 is 1.83 bits per heavy atom. The molecule has 144 valence electrons. The van der Waals surface area contributed by atoms with E-state index in [2.05, 4.69) is 58.3 Å². The number of carbonyl (C=O) groups is 1. The molecule has 0 atom stereocenters. The molecule has 0 fully saturated rings. The predicted octanol–water partition coefficient (Wildman–Crippen LogP) is 6.00. The van der Waals surface area contributed by atoms with Gasteiger partial charge in [-0.2, -0.15) is 0 Å². The topological polar surface area (TPSA) is 54.0 Å². The highest BCUT2D eigenvalue weighted by Gasteiger charge is 2.11. The number of thiazole rings is 1. The number of hydrogen-bond donors (Lipinski definition) is 2. The maximum Gasteiger partial charge on any atom is 0.258 e. The summed E-state index contributed by atoms with van der Waals surface area (Å²) in [4.78, 5) is 17.1. The Hall–Kier alpha value is -2.36. The summed E-state index contributed by atoms with van der Waals surface area (Å²) in [6.45, 7) is 2.08. The van der Waals surface area contributed by atoms with Crippen LogP contribution in [0.1, 0.15) is 15.9 Å². The van der Waals surface area contributed by atoms with Crippen LogP contribution in [0, 0.1) is 10.5 Å². The number of nitrogens with one attached hydrogen (secondary N) is 2. The molecule has 0 saturated carbocycles. The van der Waals surface area contributed by atoms with Gasteiger partial charge in [-0.3, -0.25) is 10.1 Å². The molecule has 0 unspecified atom stereocenters. The molecule has 4 nitrogen and oxygen atoms in total. The average Bonchev–Trinajstić information content (AvgIpc) is 3.12. The average molecular weight is 529 g/mol. The van der Waals surface area contributed by atoms with Crippen LogP contribution in [0.2, 0.25) is 0 Å². The van der Waals surface area contributed by atoms with Crippen LogP contribution >= 0.6 is 46.1 Å². The Kier molecular flexibility index (Phi) is 5.89. The molecule has 3 aromatic carbocycles. The molecule has 0 aliphatic carbocycles. The van der Waals surface area contributed by atoms with Crippen LogP contribution in [0.4, 0.5) is 5.69 Å². The van der Waals surface area contributed by atoms with Gasteiger partial charge in [0.15, 0.2) is 5.11 Å². The molecule has 0 aliphatic rings. The second-order valence-corrected chi connectivity index (χ2v) is 9.06. The lowest BCUT2D eigenvalue weighted by Gasteiger charge is -2.10. The minimum atomic E-state index is -0.228. The van der Waals surface area contributed by atoms with Gasteiger partial charge in [-0.25, -0.2) is 4.98 Å². The van der Waals surface area contributed by atoms with Crippen molar-refractivity contribution in [2.75, 3.05) is 5.32 Å². The Bertz CT molecular complexity index is 1220. The zero-order valence-electron chi connectivity index (χ0n) is 15.4. The number of nitrogens with zero attached hydrogens (tertiary/aromatic N) is 1. The molecule has 4 rings (SSSR count). The number of hydrogen-bond acceptors (Lipinski definition) is 4. The lowest BCUT2D eigenvalue weighted by atomic mass is 10.2. The predicted molar refractivity (Wildman–Crippen MR) is 133 cm³/mol. The van der Waals surface area contributed by atoms with E-state index in [9.17, 15) is 4.79 Å². The number of benzene rings is 3. The summed E-state index contributed by atoms with van der Waals surface area (Å²) in [6, 6.07) is 21.5. The van der Waals surface area contributed by atoms with Crippen LogP contribution in [0.25, 0.3) is 20.8 Å². The van der Waals surface area contributed by atoms with Crippen molar-refractivity contribution in [3.05, 3.63) is 81.4 Å². The molecule has 0 spiro atoms. The maximum absolute atomic E-state index is 12.4. The van der Waals surface area contributed by atoms with E-state index in [4.69, 9.17) is 17.2 Å². The standard InChI is InChI=1S/C22H16IN3OS2/c1-13-6-11-18-19(12-13)29-21(25-18)14-7-9-15(10-8-14)24-22(28)26-20(27)16-4-2-3-5-17(16)23/h2-12H,1H3,(H2,24,26,27,28). The first kappa shape index (κ1) is 19.9.